The number of benzene rings is 2. The first-order valence-corrected chi connectivity index (χ1v) is 12.9. The van der Waals surface area contributed by atoms with E-state index in [-0.39, 0.29) is 22.7 Å². The summed E-state index contributed by atoms with van der Waals surface area (Å²) in [6.07, 6.45) is 1.99. The van der Waals surface area contributed by atoms with Gasteiger partial charge in [-0.3, -0.25) is 4.79 Å². The molecule has 2 aromatic carbocycles. The summed E-state index contributed by atoms with van der Waals surface area (Å²) in [5, 5.41) is 6.24. The van der Waals surface area contributed by atoms with Crippen LogP contribution in [0.1, 0.15) is 31.4 Å². The van der Waals surface area contributed by atoms with Crippen LogP contribution in [0, 0.1) is 11.3 Å². The predicted octanol–water partition coefficient (Wildman–Crippen LogP) is 4.06. The van der Waals surface area contributed by atoms with Crippen LogP contribution in [0.25, 0.3) is 0 Å². The lowest BCUT2D eigenvalue weighted by Gasteiger charge is -2.35. The predicted molar refractivity (Wildman–Crippen MR) is 123 cm³/mol. The third-order valence-electron chi connectivity index (χ3n) is 5.23. The SMILES string of the molecule is N#Cc1cc(C(=O)N2CCS(=O)(=O)[C@@](F)(c3ncc(Cc4ccccc4)s3)C2)ccc1Br. The van der Waals surface area contributed by atoms with Crippen LogP contribution >= 0.6 is 27.3 Å². The molecule has 1 amide bonds. The number of aromatic nitrogens is 1. The highest BCUT2D eigenvalue weighted by atomic mass is 79.9. The van der Waals surface area contributed by atoms with Gasteiger partial charge in [-0.2, -0.15) is 5.26 Å². The van der Waals surface area contributed by atoms with Crippen LogP contribution in [0.2, 0.25) is 0 Å². The number of hydrogen-bond donors (Lipinski definition) is 0. The quantitative estimate of drug-likeness (QED) is 0.504. The van der Waals surface area contributed by atoms with E-state index in [9.17, 15) is 18.5 Å². The Hall–Kier alpha value is -2.61. The number of sulfone groups is 1. The third kappa shape index (κ3) is 4.20. The lowest BCUT2D eigenvalue weighted by molar-refractivity contribution is 0.0666. The first-order valence-electron chi connectivity index (χ1n) is 9.63. The molecule has 1 fully saturated rings. The molecule has 0 aliphatic carbocycles. The molecule has 6 nitrogen and oxygen atoms in total. The molecule has 0 N–H and O–H groups in total. The van der Waals surface area contributed by atoms with Crippen LogP contribution in [0.3, 0.4) is 0 Å². The zero-order valence-electron chi connectivity index (χ0n) is 16.7. The summed E-state index contributed by atoms with van der Waals surface area (Å²) in [5.41, 5.74) is 1.45. The van der Waals surface area contributed by atoms with E-state index in [0.717, 1.165) is 21.8 Å². The fourth-order valence-corrected chi connectivity index (χ4v) is 6.69. The zero-order chi connectivity index (χ0) is 22.9. The number of carbonyl (C=O) groups is 1. The van der Waals surface area contributed by atoms with Crippen LogP contribution < -0.4 is 0 Å². The van der Waals surface area contributed by atoms with Gasteiger partial charge in [0.25, 0.3) is 10.9 Å². The molecule has 0 saturated carbocycles. The molecule has 10 heteroatoms. The molecule has 3 aromatic rings. The summed E-state index contributed by atoms with van der Waals surface area (Å²) < 4.78 is 42.1. The highest BCUT2D eigenvalue weighted by molar-refractivity contribution is 9.10. The molecule has 32 heavy (non-hydrogen) atoms. The smallest absolute Gasteiger partial charge is 0.278 e. The van der Waals surface area contributed by atoms with Crippen molar-refractivity contribution >= 4 is 43.0 Å². The first-order chi connectivity index (χ1) is 15.2. The number of thiazole rings is 1. The number of amides is 1. The molecule has 0 bridgehead atoms. The fraction of sp³-hybridized carbons (Fsp3) is 0.227. The zero-order valence-corrected chi connectivity index (χ0v) is 19.9. The van der Waals surface area contributed by atoms with Gasteiger partial charge in [0.2, 0.25) is 0 Å². The minimum Gasteiger partial charge on any atom is -0.333 e. The Kier molecular flexibility index (Phi) is 6.16. The molecule has 1 atom stereocenters. The second-order valence-corrected chi connectivity index (χ2v) is 11.6. The molecule has 0 spiro atoms. The van der Waals surface area contributed by atoms with Crippen molar-refractivity contribution in [2.24, 2.45) is 0 Å². The summed E-state index contributed by atoms with van der Waals surface area (Å²) in [7, 11) is -4.18. The minimum atomic E-state index is -4.18. The molecular formula is C22H17BrFN3O3S2. The second kappa shape index (κ2) is 8.73. The van der Waals surface area contributed by atoms with E-state index in [2.05, 4.69) is 20.9 Å². The van der Waals surface area contributed by atoms with Gasteiger partial charge >= 0.3 is 0 Å². The van der Waals surface area contributed by atoms with Gasteiger partial charge in [-0.05, 0) is 39.7 Å². The van der Waals surface area contributed by atoms with Crippen molar-refractivity contribution in [2.45, 2.75) is 11.4 Å². The van der Waals surface area contributed by atoms with Crippen molar-refractivity contribution in [2.75, 3.05) is 18.8 Å². The minimum absolute atomic E-state index is 0.132. The lowest BCUT2D eigenvalue weighted by atomic mass is 10.1. The average Bonchev–Trinajstić information content (AvgIpc) is 3.25. The van der Waals surface area contributed by atoms with E-state index in [1.54, 1.807) is 6.07 Å². The van der Waals surface area contributed by atoms with E-state index in [1.165, 1.54) is 23.2 Å². The normalized spacial score (nSPS) is 20.0. The molecule has 1 aliphatic rings. The van der Waals surface area contributed by atoms with E-state index < -0.39 is 33.0 Å². The Morgan fingerprint density at radius 2 is 2.03 bits per heavy atom. The van der Waals surface area contributed by atoms with Crippen molar-refractivity contribution in [3.05, 3.63) is 85.8 Å². The Labute approximate surface area is 197 Å². The van der Waals surface area contributed by atoms with Gasteiger partial charge in [-0.15, -0.1) is 11.3 Å². The van der Waals surface area contributed by atoms with Crippen LogP contribution in [-0.2, 0) is 21.3 Å². The summed E-state index contributed by atoms with van der Waals surface area (Å²) >= 11 is 4.23. The van der Waals surface area contributed by atoms with Crippen molar-refractivity contribution in [3.63, 3.8) is 0 Å². The highest BCUT2D eigenvalue weighted by Gasteiger charge is 2.53. The summed E-state index contributed by atoms with van der Waals surface area (Å²) in [5.74, 6) is -1.04. The molecular weight excluding hydrogens is 517 g/mol. The van der Waals surface area contributed by atoms with Gasteiger partial charge in [0.1, 0.15) is 11.1 Å². The molecule has 2 heterocycles. The number of nitrogens with zero attached hydrogens (tertiary/aromatic N) is 3. The molecule has 164 valence electrons. The Morgan fingerprint density at radius 3 is 2.75 bits per heavy atom. The number of nitriles is 1. The van der Waals surface area contributed by atoms with Crippen LogP contribution in [0.5, 0.6) is 0 Å². The molecule has 4 rings (SSSR count). The van der Waals surface area contributed by atoms with Gasteiger partial charge < -0.3 is 4.90 Å². The molecule has 1 aliphatic heterocycles. The largest absolute Gasteiger partial charge is 0.333 e. The number of carbonyl (C=O) groups excluding carboxylic acids is 1. The topological polar surface area (TPSA) is 91.1 Å². The lowest BCUT2D eigenvalue weighted by Crippen LogP contribution is -2.53. The maximum absolute atomic E-state index is 16.1. The second-order valence-electron chi connectivity index (χ2n) is 7.37. The third-order valence-corrected chi connectivity index (χ3v) is 9.22. The van der Waals surface area contributed by atoms with Crippen molar-refractivity contribution in [1.29, 1.82) is 5.26 Å². The summed E-state index contributed by atoms with van der Waals surface area (Å²) in [6.45, 7) is -0.780. The number of hydrogen-bond acceptors (Lipinski definition) is 6. The fourth-order valence-electron chi connectivity index (χ4n) is 3.47. The number of alkyl halides is 1. The Morgan fingerprint density at radius 1 is 1.28 bits per heavy atom. The van der Waals surface area contributed by atoms with Gasteiger partial charge in [0.05, 0.1) is 17.9 Å². The van der Waals surface area contributed by atoms with E-state index in [1.807, 2.05) is 36.4 Å². The summed E-state index contributed by atoms with van der Waals surface area (Å²) in [4.78, 5) is 19.0. The standard InChI is InChI=1S/C22H17BrFN3O3S2/c23-19-7-6-16(11-17(19)12-25)20(28)27-8-9-32(29,30)22(24,14-27)21-26-13-18(31-21)10-15-4-2-1-3-5-15/h1-7,11,13H,8-10,14H2/t22-/m1/s1. The van der Waals surface area contributed by atoms with E-state index in [4.69, 9.17) is 0 Å². The van der Waals surface area contributed by atoms with Gasteiger partial charge in [0.15, 0.2) is 9.84 Å². The van der Waals surface area contributed by atoms with Crippen molar-refractivity contribution < 1.29 is 17.6 Å². The molecule has 1 aromatic heterocycles. The number of rotatable bonds is 4. The Bertz CT molecular complexity index is 1320. The van der Waals surface area contributed by atoms with E-state index >= 15 is 4.39 Å². The van der Waals surface area contributed by atoms with E-state index in [0.29, 0.717) is 10.9 Å². The van der Waals surface area contributed by atoms with Crippen LogP contribution in [-0.4, -0.2) is 43.1 Å². The monoisotopic (exact) mass is 533 g/mol. The maximum Gasteiger partial charge on any atom is 0.278 e. The van der Waals surface area contributed by atoms with Crippen molar-refractivity contribution in [1.82, 2.24) is 9.88 Å². The maximum atomic E-state index is 16.1. The summed E-state index contributed by atoms with van der Waals surface area (Å²) in [6, 6.07) is 16.0. The molecule has 0 unspecified atom stereocenters. The van der Waals surface area contributed by atoms with Gasteiger partial charge in [0, 0.05) is 34.1 Å². The van der Waals surface area contributed by atoms with Gasteiger partial charge in [-0.1, -0.05) is 30.3 Å². The average molecular weight is 534 g/mol. The van der Waals surface area contributed by atoms with Gasteiger partial charge in [-0.25, -0.2) is 17.8 Å². The molecule has 1 saturated heterocycles. The first kappa shape index (κ1) is 22.6. The number of halogens is 2. The Balaban J connectivity index is 1.61. The van der Waals surface area contributed by atoms with Crippen LogP contribution in [0.15, 0.2) is 59.2 Å². The highest BCUT2D eigenvalue weighted by Crippen LogP contribution is 2.39. The van der Waals surface area contributed by atoms with Crippen LogP contribution in [0.4, 0.5) is 4.39 Å². The van der Waals surface area contributed by atoms with Crippen molar-refractivity contribution in [3.8, 4) is 6.07 Å². The molecule has 0 radical (unpaired) electrons.